The molecule has 9 nitrogen and oxygen atoms in total. The highest BCUT2D eigenvalue weighted by Gasteiger charge is 2.18. The summed E-state index contributed by atoms with van der Waals surface area (Å²) in [5, 5.41) is 22.7. The highest BCUT2D eigenvalue weighted by Crippen LogP contribution is 2.28. The summed E-state index contributed by atoms with van der Waals surface area (Å²) in [6.45, 7) is 3.97. The van der Waals surface area contributed by atoms with Crippen molar-refractivity contribution >= 4 is 34.7 Å². The Morgan fingerprint density at radius 2 is 1.64 bits per heavy atom. The maximum atomic E-state index is 12.6. The van der Waals surface area contributed by atoms with E-state index < -0.39 is 10.8 Å². The van der Waals surface area contributed by atoms with Crippen LogP contribution in [0.15, 0.2) is 72.8 Å². The molecule has 0 spiro atoms. The van der Waals surface area contributed by atoms with Gasteiger partial charge in [0.1, 0.15) is 5.69 Å². The zero-order chi connectivity index (χ0) is 23.8. The standard InChI is InChI=1S/C24H25N5O4/c1-16(2)26-24(31)28-20-11-8-17(9-12-20)15-25-23(30)18-10-13-21(22(14-18)29(32)33)27-19-6-4-3-5-7-19/h3-14,16,27H,15H2,1-2H3,(H,25,30)(H2,26,28,31). The van der Waals surface area contributed by atoms with E-state index in [9.17, 15) is 19.7 Å². The van der Waals surface area contributed by atoms with E-state index in [1.165, 1.54) is 18.2 Å². The molecule has 0 aliphatic heterocycles. The van der Waals surface area contributed by atoms with Crippen molar-refractivity contribution in [2.45, 2.75) is 26.4 Å². The number of anilines is 3. The van der Waals surface area contributed by atoms with Crippen molar-refractivity contribution in [2.24, 2.45) is 0 Å². The molecule has 170 valence electrons. The van der Waals surface area contributed by atoms with E-state index in [0.29, 0.717) is 17.1 Å². The molecule has 0 bridgehead atoms. The molecule has 0 unspecified atom stereocenters. The van der Waals surface area contributed by atoms with Crippen LogP contribution in [0.3, 0.4) is 0 Å². The molecule has 3 amide bonds. The summed E-state index contributed by atoms with van der Waals surface area (Å²) in [5.41, 5.74) is 2.44. The number of hydrogen-bond donors (Lipinski definition) is 4. The predicted molar refractivity (Wildman–Crippen MR) is 128 cm³/mol. The van der Waals surface area contributed by atoms with E-state index in [2.05, 4.69) is 21.3 Å². The third-order valence-corrected chi connectivity index (χ3v) is 4.59. The molecule has 3 aromatic carbocycles. The topological polar surface area (TPSA) is 125 Å². The maximum Gasteiger partial charge on any atom is 0.319 e. The van der Waals surface area contributed by atoms with Crippen LogP contribution in [0.5, 0.6) is 0 Å². The number of hydrogen-bond acceptors (Lipinski definition) is 5. The Bertz CT molecular complexity index is 1130. The fourth-order valence-electron chi connectivity index (χ4n) is 3.03. The van der Waals surface area contributed by atoms with Crippen LogP contribution < -0.4 is 21.3 Å². The molecule has 0 aliphatic carbocycles. The van der Waals surface area contributed by atoms with Crippen LogP contribution in [-0.4, -0.2) is 22.9 Å². The number of rotatable bonds is 8. The molecule has 0 aliphatic rings. The van der Waals surface area contributed by atoms with Crippen LogP contribution in [0.1, 0.15) is 29.8 Å². The summed E-state index contributed by atoms with van der Waals surface area (Å²) in [5.74, 6) is -0.428. The number of carbonyl (C=O) groups excluding carboxylic acids is 2. The molecule has 0 saturated heterocycles. The lowest BCUT2D eigenvalue weighted by Gasteiger charge is -2.11. The summed E-state index contributed by atoms with van der Waals surface area (Å²) in [6.07, 6.45) is 0. The number of nitro groups is 1. The largest absolute Gasteiger partial charge is 0.350 e. The summed E-state index contributed by atoms with van der Waals surface area (Å²) < 4.78 is 0. The van der Waals surface area contributed by atoms with Crippen LogP contribution in [0, 0.1) is 10.1 Å². The van der Waals surface area contributed by atoms with Gasteiger partial charge in [0.15, 0.2) is 0 Å². The highest BCUT2D eigenvalue weighted by molar-refractivity contribution is 5.96. The highest BCUT2D eigenvalue weighted by atomic mass is 16.6. The Labute approximate surface area is 191 Å². The van der Waals surface area contributed by atoms with E-state index in [1.807, 2.05) is 32.0 Å². The SMILES string of the molecule is CC(C)NC(=O)Nc1ccc(CNC(=O)c2ccc(Nc3ccccc3)c([N+](=O)[O-])c2)cc1. The normalized spacial score (nSPS) is 10.4. The van der Waals surface area contributed by atoms with Gasteiger partial charge in [-0.3, -0.25) is 14.9 Å². The molecular formula is C24H25N5O4. The van der Waals surface area contributed by atoms with Crippen molar-refractivity contribution < 1.29 is 14.5 Å². The summed E-state index contributed by atoms with van der Waals surface area (Å²) in [7, 11) is 0. The second kappa shape index (κ2) is 10.8. The van der Waals surface area contributed by atoms with Crippen LogP contribution in [-0.2, 0) is 6.54 Å². The molecule has 9 heteroatoms. The lowest BCUT2D eigenvalue weighted by atomic mass is 10.1. The van der Waals surface area contributed by atoms with E-state index in [1.54, 1.807) is 36.4 Å². The van der Waals surface area contributed by atoms with E-state index >= 15 is 0 Å². The minimum Gasteiger partial charge on any atom is -0.350 e. The lowest BCUT2D eigenvalue weighted by Crippen LogP contribution is -2.34. The molecule has 0 saturated carbocycles. The second-order valence-corrected chi connectivity index (χ2v) is 7.61. The number of nitro benzene ring substituents is 1. The average Bonchev–Trinajstić information content (AvgIpc) is 2.78. The van der Waals surface area contributed by atoms with E-state index in [0.717, 1.165) is 5.56 Å². The van der Waals surface area contributed by atoms with Gasteiger partial charge in [0.2, 0.25) is 0 Å². The number of benzene rings is 3. The smallest absolute Gasteiger partial charge is 0.319 e. The van der Waals surface area contributed by atoms with Crippen molar-refractivity contribution in [3.05, 3.63) is 94.0 Å². The first-order chi connectivity index (χ1) is 15.8. The molecule has 0 heterocycles. The number of urea groups is 1. The Morgan fingerprint density at radius 3 is 2.27 bits per heavy atom. The number of para-hydroxylation sites is 1. The van der Waals surface area contributed by atoms with Gasteiger partial charge < -0.3 is 21.3 Å². The lowest BCUT2D eigenvalue weighted by molar-refractivity contribution is -0.383. The van der Waals surface area contributed by atoms with Gasteiger partial charge in [-0.1, -0.05) is 30.3 Å². The summed E-state index contributed by atoms with van der Waals surface area (Å²) in [4.78, 5) is 35.3. The van der Waals surface area contributed by atoms with Gasteiger partial charge in [-0.15, -0.1) is 0 Å². The van der Waals surface area contributed by atoms with Crippen LogP contribution >= 0.6 is 0 Å². The monoisotopic (exact) mass is 447 g/mol. The second-order valence-electron chi connectivity index (χ2n) is 7.61. The number of amides is 3. The van der Waals surface area contributed by atoms with E-state index in [4.69, 9.17) is 0 Å². The molecule has 3 aromatic rings. The summed E-state index contributed by atoms with van der Waals surface area (Å²) in [6, 6.07) is 20.1. The summed E-state index contributed by atoms with van der Waals surface area (Å²) >= 11 is 0. The average molecular weight is 447 g/mol. The Morgan fingerprint density at radius 1 is 0.939 bits per heavy atom. The van der Waals surface area contributed by atoms with Crippen molar-refractivity contribution in [1.29, 1.82) is 0 Å². The number of carbonyl (C=O) groups is 2. The molecule has 33 heavy (non-hydrogen) atoms. The van der Waals surface area contributed by atoms with Gasteiger partial charge in [-0.25, -0.2) is 4.79 Å². The molecule has 0 fully saturated rings. The predicted octanol–water partition coefficient (Wildman–Crippen LogP) is 4.80. The van der Waals surface area contributed by atoms with Crippen molar-refractivity contribution in [1.82, 2.24) is 10.6 Å². The first kappa shape index (κ1) is 23.3. The van der Waals surface area contributed by atoms with Crippen LogP contribution in [0.2, 0.25) is 0 Å². The van der Waals surface area contributed by atoms with Crippen LogP contribution in [0.25, 0.3) is 0 Å². The Kier molecular flexibility index (Phi) is 7.59. The van der Waals surface area contributed by atoms with Crippen molar-refractivity contribution in [3.8, 4) is 0 Å². The first-order valence-corrected chi connectivity index (χ1v) is 10.4. The molecular weight excluding hydrogens is 422 g/mol. The third kappa shape index (κ3) is 6.79. The van der Waals surface area contributed by atoms with Gasteiger partial charge in [-0.2, -0.15) is 0 Å². The third-order valence-electron chi connectivity index (χ3n) is 4.59. The molecule has 0 radical (unpaired) electrons. The minimum atomic E-state index is -0.525. The Balaban J connectivity index is 1.62. The van der Waals surface area contributed by atoms with Gasteiger partial charge in [0, 0.05) is 35.6 Å². The van der Waals surface area contributed by atoms with Gasteiger partial charge in [-0.05, 0) is 55.8 Å². The maximum absolute atomic E-state index is 12.6. The van der Waals surface area contributed by atoms with Gasteiger partial charge >= 0.3 is 6.03 Å². The van der Waals surface area contributed by atoms with Gasteiger partial charge in [0.25, 0.3) is 11.6 Å². The molecule has 3 rings (SSSR count). The zero-order valence-corrected chi connectivity index (χ0v) is 18.3. The number of nitrogens with one attached hydrogen (secondary N) is 4. The molecule has 4 N–H and O–H groups in total. The van der Waals surface area contributed by atoms with Crippen molar-refractivity contribution in [2.75, 3.05) is 10.6 Å². The zero-order valence-electron chi connectivity index (χ0n) is 18.3. The minimum absolute atomic E-state index is 0.0264. The quantitative estimate of drug-likeness (QED) is 0.292. The van der Waals surface area contributed by atoms with Crippen LogP contribution in [0.4, 0.5) is 27.5 Å². The van der Waals surface area contributed by atoms with Gasteiger partial charge in [0.05, 0.1) is 4.92 Å². The molecule has 0 aromatic heterocycles. The Hall–Kier alpha value is -4.40. The van der Waals surface area contributed by atoms with Crippen molar-refractivity contribution in [3.63, 3.8) is 0 Å². The fourth-order valence-corrected chi connectivity index (χ4v) is 3.03. The molecule has 0 atom stereocenters. The number of nitrogens with zero attached hydrogens (tertiary/aromatic N) is 1. The first-order valence-electron chi connectivity index (χ1n) is 10.4. The fraction of sp³-hybridized carbons (Fsp3) is 0.167. The van der Waals surface area contributed by atoms with E-state index in [-0.39, 0.29) is 29.9 Å².